The number of urea groups is 1. The van der Waals surface area contributed by atoms with Crippen LogP contribution in [0.3, 0.4) is 0 Å². The predicted octanol–water partition coefficient (Wildman–Crippen LogP) is 3.55. The second-order valence-electron chi connectivity index (χ2n) is 7.53. The van der Waals surface area contributed by atoms with Crippen molar-refractivity contribution in [2.24, 2.45) is 5.92 Å². The number of aromatic nitrogens is 2. The number of carbonyl (C=O) groups excluding carboxylic acids is 2. The van der Waals surface area contributed by atoms with Crippen molar-refractivity contribution in [1.82, 2.24) is 20.2 Å². The summed E-state index contributed by atoms with van der Waals surface area (Å²) in [7, 11) is 1.23. The molecule has 2 amide bonds. The van der Waals surface area contributed by atoms with Crippen LogP contribution in [0.4, 0.5) is 18.0 Å². The van der Waals surface area contributed by atoms with Crippen LogP contribution in [0, 0.1) is 5.92 Å². The van der Waals surface area contributed by atoms with Gasteiger partial charge < -0.3 is 24.7 Å². The van der Waals surface area contributed by atoms with Gasteiger partial charge in [0.15, 0.2) is 0 Å². The zero-order valence-corrected chi connectivity index (χ0v) is 17.9. The highest BCUT2D eigenvalue weighted by atomic mass is 19.4. The molecule has 1 aliphatic rings. The van der Waals surface area contributed by atoms with Gasteiger partial charge in [-0.1, -0.05) is 38.5 Å². The van der Waals surface area contributed by atoms with E-state index in [9.17, 15) is 22.8 Å². The van der Waals surface area contributed by atoms with Crippen molar-refractivity contribution in [1.29, 1.82) is 0 Å². The number of hydrogen-bond acceptors (Lipinski definition) is 5. The Labute approximate surface area is 183 Å². The summed E-state index contributed by atoms with van der Waals surface area (Å²) in [6.07, 6.45) is -2.44. The number of benzene rings is 1. The minimum Gasteiger partial charge on any atom is -0.467 e. The van der Waals surface area contributed by atoms with Crippen molar-refractivity contribution in [3.63, 3.8) is 0 Å². The van der Waals surface area contributed by atoms with Gasteiger partial charge in [-0.15, -0.1) is 13.2 Å². The van der Waals surface area contributed by atoms with Crippen LogP contribution in [0.25, 0.3) is 0 Å². The van der Waals surface area contributed by atoms with Crippen LogP contribution in [0.2, 0.25) is 0 Å². The number of aromatic amines is 1. The fourth-order valence-corrected chi connectivity index (χ4v) is 3.75. The minimum absolute atomic E-state index is 0.131. The maximum atomic E-state index is 13.3. The molecule has 11 heteroatoms. The molecule has 0 unspecified atom stereocenters. The molecule has 1 aromatic heterocycles. The number of esters is 1. The van der Waals surface area contributed by atoms with Crippen LogP contribution in [0.1, 0.15) is 43.3 Å². The average Bonchev–Trinajstić information content (AvgIpc) is 3.24. The summed E-state index contributed by atoms with van der Waals surface area (Å²) in [5, 5.41) is 2.69. The van der Waals surface area contributed by atoms with Gasteiger partial charge >= 0.3 is 18.4 Å². The summed E-state index contributed by atoms with van der Waals surface area (Å²) >= 11 is 0. The van der Waals surface area contributed by atoms with Crippen LogP contribution < -0.4 is 10.1 Å². The van der Waals surface area contributed by atoms with Crippen LogP contribution in [-0.4, -0.2) is 52.9 Å². The Morgan fingerprint density at radius 1 is 1.34 bits per heavy atom. The van der Waals surface area contributed by atoms with Gasteiger partial charge in [-0.25, -0.2) is 14.6 Å². The van der Waals surface area contributed by atoms with Crippen molar-refractivity contribution >= 4 is 12.0 Å². The molecule has 32 heavy (non-hydrogen) atoms. The largest absolute Gasteiger partial charge is 0.573 e. The van der Waals surface area contributed by atoms with Gasteiger partial charge in [0.25, 0.3) is 0 Å². The minimum atomic E-state index is -4.90. The molecule has 174 valence electrons. The number of fused-ring (bicyclic) bond motifs is 1. The number of methoxy groups -OCH3 is 1. The van der Waals surface area contributed by atoms with E-state index in [0.29, 0.717) is 24.2 Å². The SMILES string of the molecule is CC[C@H](C)[C@@H](NC(=O)N1CCc2[nH]cnc2[C@@H]1c1ccccc1OC(F)(F)F)C(=O)OC. The lowest BCUT2D eigenvalue weighted by Crippen LogP contribution is -2.53. The van der Waals surface area contributed by atoms with Crippen molar-refractivity contribution in [2.45, 2.75) is 45.1 Å². The van der Waals surface area contributed by atoms with E-state index in [4.69, 9.17) is 4.74 Å². The lowest BCUT2D eigenvalue weighted by atomic mass is 9.95. The number of H-pyrrole nitrogens is 1. The van der Waals surface area contributed by atoms with Crippen molar-refractivity contribution in [3.05, 3.63) is 47.5 Å². The maximum absolute atomic E-state index is 13.3. The van der Waals surface area contributed by atoms with Gasteiger partial charge in [0, 0.05) is 24.2 Å². The quantitative estimate of drug-likeness (QED) is 0.651. The Bertz CT molecular complexity index is 963. The summed E-state index contributed by atoms with van der Waals surface area (Å²) in [5.74, 6) is -1.23. The molecule has 0 saturated heterocycles. The number of alkyl halides is 3. The number of nitrogens with one attached hydrogen (secondary N) is 2. The van der Waals surface area contributed by atoms with Gasteiger partial charge in [0.1, 0.15) is 17.8 Å². The Hall–Kier alpha value is -3.24. The van der Waals surface area contributed by atoms with E-state index in [-0.39, 0.29) is 18.0 Å². The molecule has 3 atom stereocenters. The van der Waals surface area contributed by atoms with Crippen molar-refractivity contribution < 1.29 is 32.2 Å². The summed E-state index contributed by atoms with van der Waals surface area (Å²) in [6.45, 7) is 3.87. The second-order valence-corrected chi connectivity index (χ2v) is 7.53. The monoisotopic (exact) mass is 454 g/mol. The number of carbonyl (C=O) groups is 2. The first-order valence-electron chi connectivity index (χ1n) is 10.2. The molecule has 0 saturated carbocycles. The summed E-state index contributed by atoms with van der Waals surface area (Å²) in [5.41, 5.74) is 1.27. The van der Waals surface area contributed by atoms with Crippen LogP contribution >= 0.6 is 0 Å². The van der Waals surface area contributed by atoms with Gasteiger partial charge in [-0.05, 0) is 12.0 Å². The molecule has 1 aromatic carbocycles. The Morgan fingerprint density at radius 3 is 2.72 bits per heavy atom. The number of rotatable bonds is 6. The van der Waals surface area contributed by atoms with Crippen LogP contribution in [0.5, 0.6) is 5.75 Å². The van der Waals surface area contributed by atoms with E-state index in [1.54, 1.807) is 13.0 Å². The number of hydrogen-bond donors (Lipinski definition) is 2. The Balaban J connectivity index is 2.00. The summed E-state index contributed by atoms with van der Waals surface area (Å²) in [4.78, 5) is 34.1. The molecule has 2 heterocycles. The third-order valence-corrected chi connectivity index (χ3v) is 5.57. The average molecular weight is 454 g/mol. The molecular weight excluding hydrogens is 429 g/mol. The summed E-state index contributed by atoms with van der Waals surface area (Å²) < 4.78 is 48.1. The van der Waals surface area contributed by atoms with Crippen LogP contribution in [-0.2, 0) is 16.0 Å². The third kappa shape index (κ3) is 4.97. The molecule has 8 nitrogen and oxygen atoms in total. The maximum Gasteiger partial charge on any atom is 0.573 e. The fourth-order valence-electron chi connectivity index (χ4n) is 3.75. The molecule has 0 spiro atoms. The lowest BCUT2D eigenvalue weighted by Gasteiger charge is -2.37. The van der Waals surface area contributed by atoms with Crippen molar-refractivity contribution in [2.75, 3.05) is 13.7 Å². The molecule has 3 rings (SSSR count). The smallest absolute Gasteiger partial charge is 0.467 e. The molecule has 0 fully saturated rings. The normalized spacial score (nSPS) is 17.8. The zero-order valence-electron chi connectivity index (χ0n) is 17.9. The Kier molecular flexibility index (Phi) is 6.95. The second kappa shape index (κ2) is 9.49. The van der Waals surface area contributed by atoms with Crippen LogP contribution in [0.15, 0.2) is 30.6 Å². The first-order valence-corrected chi connectivity index (χ1v) is 10.2. The van der Waals surface area contributed by atoms with E-state index in [2.05, 4.69) is 20.0 Å². The number of nitrogens with zero attached hydrogens (tertiary/aromatic N) is 2. The third-order valence-electron chi connectivity index (χ3n) is 5.57. The number of imidazole rings is 1. The summed E-state index contributed by atoms with van der Waals surface area (Å²) in [6, 6.07) is 3.17. The van der Waals surface area contributed by atoms with E-state index >= 15 is 0 Å². The molecule has 0 radical (unpaired) electrons. The van der Waals surface area contributed by atoms with E-state index in [1.807, 2.05) is 6.92 Å². The molecule has 0 aliphatic carbocycles. The molecule has 2 N–H and O–H groups in total. The zero-order chi connectivity index (χ0) is 23.5. The van der Waals surface area contributed by atoms with E-state index in [1.165, 1.54) is 36.5 Å². The predicted molar refractivity (Wildman–Crippen MR) is 108 cm³/mol. The highest BCUT2D eigenvalue weighted by Crippen LogP contribution is 2.39. The van der Waals surface area contributed by atoms with Gasteiger partial charge in [-0.3, -0.25) is 0 Å². The number of para-hydroxylation sites is 1. The highest BCUT2D eigenvalue weighted by molar-refractivity contribution is 5.84. The van der Waals surface area contributed by atoms with E-state index in [0.717, 1.165) is 0 Å². The number of amides is 2. The first kappa shape index (κ1) is 23.4. The number of ether oxygens (including phenoxy) is 2. The Morgan fingerprint density at radius 2 is 2.06 bits per heavy atom. The van der Waals surface area contributed by atoms with Crippen molar-refractivity contribution in [3.8, 4) is 5.75 Å². The first-order chi connectivity index (χ1) is 15.2. The highest BCUT2D eigenvalue weighted by Gasteiger charge is 2.40. The molecule has 1 aliphatic heterocycles. The van der Waals surface area contributed by atoms with Gasteiger partial charge in [-0.2, -0.15) is 0 Å². The fraction of sp³-hybridized carbons (Fsp3) is 0.476. The van der Waals surface area contributed by atoms with E-state index < -0.39 is 36.2 Å². The molecular formula is C21H25F3N4O4. The molecule has 0 bridgehead atoms. The van der Waals surface area contributed by atoms with Gasteiger partial charge in [0.2, 0.25) is 0 Å². The molecule has 2 aromatic rings. The topological polar surface area (TPSA) is 96.5 Å². The standard InChI is InChI=1S/C21H25F3N4O4/c1-4-12(2)16(19(29)31-3)27-20(30)28-10-9-14-17(26-11-25-14)18(28)13-7-5-6-8-15(13)32-21(22,23)24/h5-8,11-12,16,18H,4,9-10H2,1-3H3,(H,25,26)(H,27,30)/t12-,16+,18-/m0/s1. The lowest BCUT2D eigenvalue weighted by molar-refractivity contribution is -0.275. The number of halogens is 3. The van der Waals surface area contributed by atoms with Gasteiger partial charge in [0.05, 0.1) is 19.1 Å².